The fraction of sp³-hybridized carbons (Fsp3) is 0.875. The highest BCUT2D eigenvalue weighted by Gasteiger charge is 2.22. The zero-order valence-corrected chi connectivity index (χ0v) is 7.51. The van der Waals surface area contributed by atoms with Crippen LogP contribution in [0.1, 0.15) is 12.8 Å². The number of hydrogen-bond acceptors (Lipinski definition) is 3. The Morgan fingerprint density at radius 3 is 3.17 bits per heavy atom. The molecule has 0 radical (unpaired) electrons. The maximum Gasteiger partial charge on any atom is 0.323 e. The van der Waals surface area contributed by atoms with E-state index in [0.717, 1.165) is 25.9 Å². The average molecular weight is 173 g/mol. The molecule has 0 aliphatic carbocycles. The maximum absolute atomic E-state index is 11.2. The van der Waals surface area contributed by atoms with Gasteiger partial charge in [-0.15, -0.1) is 0 Å². The number of hydrogen-bond donors (Lipinski definition) is 2. The van der Waals surface area contributed by atoms with E-state index >= 15 is 0 Å². The van der Waals surface area contributed by atoms with Gasteiger partial charge in [0, 0.05) is 0 Å². The molecule has 1 atom stereocenters. The van der Waals surface area contributed by atoms with Gasteiger partial charge in [0.05, 0.1) is 7.05 Å². The van der Waals surface area contributed by atoms with E-state index in [1.807, 2.05) is 12.4 Å². The van der Waals surface area contributed by atoms with E-state index in [9.17, 15) is 4.79 Å². The normalized spacial score (nSPS) is 22.6. The quantitative estimate of drug-likeness (QED) is 0.401. The molecule has 0 aromatic heterocycles. The van der Waals surface area contributed by atoms with Crippen molar-refractivity contribution in [1.29, 1.82) is 0 Å². The molecule has 0 bridgehead atoms. The zero-order valence-electron chi connectivity index (χ0n) is 7.51. The first-order chi connectivity index (χ1) is 5.84. The van der Waals surface area contributed by atoms with Crippen LogP contribution in [0.2, 0.25) is 0 Å². The number of carbonyl (C=O) groups excluding carboxylic acids is 1. The summed E-state index contributed by atoms with van der Waals surface area (Å²) in [6, 6.07) is -0.0399. The smallest absolute Gasteiger partial charge is 0.323 e. The summed E-state index contributed by atoms with van der Waals surface area (Å²) < 4.78 is 5.03. The number of rotatable bonds is 4. The van der Waals surface area contributed by atoms with Gasteiger partial charge in [0.1, 0.15) is 19.2 Å². The highest BCUT2D eigenvalue weighted by molar-refractivity contribution is 5.76. The van der Waals surface area contributed by atoms with Crippen LogP contribution in [0.4, 0.5) is 0 Å². The summed E-state index contributed by atoms with van der Waals surface area (Å²) >= 11 is 0. The maximum atomic E-state index is 11.2. The minimum absolute atomic E-state index is 0.0399. The van der Waals surface area contributed by atoms with Crippen molar-refractivity contribution in [2.24, 2.45) is 0 Å². The third kappa shape index (κ3) is 2.79. The minimum atomic E-state index is -0.0886. The third-order valence-electron chi connectivity index (χ3n) is 2.00. The fourth-order valence-electron chi connectivity index (χ4n) is 1.26. The first-order valence-electron chi connectivity index (χ1n) is 4.52. The molecule has 1 aliphatic heterocycles. The summed E-state index contributed by atoms with van der Waals surface area (Å²) in [7, 11) is 1.96. The van der Waals surface area contributed by atoms with Crippen molar-refractivity contribution in [2.45, 2.75) is 18.9 Å². The van der Waals surface area contributed by atoms with Gasteiger partial charge in [0.25, 0.3) is 0 Å². The topological polar surface area (TPSA) is 54.9 Å². The largest absolute Gasteiger partial charge is 0.459 e. The molecule has 1 fully saturated rings. The van der Waals surface area contributed by atoms with Crippen LogP contribution in [0.3, 0.4) is 0 Å². The summed E-state index contributed by atoms with van der Waals surface area (Å²) in [6.45, 7) is 2.31. The van der Waals surface area contributed by atoms with Crippen molar-refractivity contribution in [3.63, 3.8) is 0 Å². The van der Waals surface area contributed by atoms with Gasteiger partial charge in [-0.2, -0.15) is 0 Å². The van der Waals surface area contributed by atoms with E-state index in [-0.39, 0.29) is 12.0 Å². The number of quaternary nitrogens is 1. The Labute approximate surface area is 72.7 Å². The molecule has 1 rings (SSSR count). The minimum Gasteiger partial charge on any atom is -0.459 e. The lowest BCUT2D eigenvalue weighted by molar-refractivity contribution is -0.628. The van der Waals surface area contributed by atoms with Gasteiger partial charge >= 0.3 is 5.97 Å². The van der Waals surface area contributed by atoms with Crippen LogP contribution in [0.15, 0.2) is 0 Å². The van der Waals surface area contributed by atoms with Gasteiger partial charge in [0.2, 0.25) is 0 Å². The molecule has 3 N–H and O–H groups in total. The van der Waals surface area contributed by atoms with Crippen LogP contribution in [0.5, 0.6) is 0 Å². The number of carbonyl (C=O) groups is 1. The molecule has 0 aromatic rings. The van der Waals surface area contributed by atoms with Gasteiger partial charge < -0.3 is 15.4 Å². The lowest BCUT2D eigenvalue weighted by Gasteiger charge is -2.08. The van der Waals surface area contributed by atoms with Crippen molar-refractivity contribution in [2.75, 3.05) is 26.7 Å². The van der Waals surface area contributed by atoms with E-state index in [1.165, 1.54) is 0 Å². The molecular weight excluding hydrogens is 156 g/mol. The summed E-state index contributed by atoms with van der Waals surface area (Å²) in [5.41, 5.74) is 0. The summed E-state index contributed by atoms with van der Waals surface area (Å²) in [5, 5.41) is 5.09. The van der Waals surface area contributed by atoms with Crippen LogP contribution in [-0.2, 0) is 9.53 Å². The molecule has 0 aromatic carbocycles. The van der Waals surface area contributed by atoms with Gasteiger partial charge in [-0.25, -0.2) is 0 Å². The highest BCUT2D eigenvalue weighted by atomic mass is 16.5. The Morgan fingerprint density at radius 1 is 1.75 bits per heavy atom. The highest BCUT2D eigenvalue weighted by Crippen LogP contribution is 2.05. The predicted molar refractivity (Wildman–Crippen MR) is 44.7 cm³/mol. The van der Waals surface area contributed by atoms with E-state index in [1.54, 1.807) is 0 Å². The molecule has 12 heavy (non-hydrogen) atoms. The molecule has 0 unspecified atom stereocenters. The second kappa shape index (κ2) is 5.11. The van der Waals surface area contributed by atoms with Crippen LogP contribution < -0.4 is 10.6 Å². The fourth-order valence-corrected chi connectivity index (χ4v) is 1.26. The summed E-state index contributed by atoms with van der Waals surface area (Å²) in [4.78, 5) is 11.2. The van der Waals surface area contributed by atoms with Crippen molar-refractivity contribution in [1.82, 2.24) is 5.32 Å². The van der Waals surface area contributed by atoms with Gasteiger partial charge in [-0.3, -0.25) is 4.79 Å². The molecule has 4 heteroatoms. The van der Waals surface area contributed by atoms with Crippen molar-refractivity contribution < 1.29 is 14.8 Å². The molecule has 0 amide bonds. The van der Waals surface area contributed by atoms with Gasteiger partial charge in [-0.05, 0) is 19.4 Å². The number of nitrogens with one attached hydrogen (secondary N) is 1. The zero-order chi connectivity index (χ0) is 8.81. The van der Waals surface area contributed by atoms with Crippen LogP contribution in [-0.4, -0.2) is 38.8 Å². The number of ether oxygens (including phenoxy) is 1. The van der Waals surface area contributed by atoms with Crippen LogP contribution in [0.25, 0.3) is 0 Å². The SMILES string of the molecule is C[NH2+]CCOC(=O)[C@@H]1CCCN1. The molecule has 70 valence electrons. The Morgan fingerprint density at radius 2 is 2.58 bits per heavy atom. The lowest BCUT2D eigenvalue weighted by atomic mass is 10.2. The Balaban J connectivity index is 2.10. The van der Waals surface area contributed by atoms with Crippen LogP contribution >= 0.6 is 0 Å². The van der Waals surface area contributed by atoms with Crippen molar-refractivity contribution >= 4 is 5.97 Å². The first kappa shape index (κ1) is 9.48. The molecular formula is C8H17N2O2+. The third-order valence-corrected chi connectivity index (χ3v) is 2.00. The molecule has 1 heterocycles. The molecule has 0 saturated carbocycles. The molecule has 1 aliphatic rings. The molecule has 4 nitrogen and oxygen atoms in total. The Hall–Kier alpha value is -0.610. The molecule has 0 spiro atoms. The molecule has 1 saturated heterocycles. The van der Waals surface area contributed by atoms with Gasteiger partial charge in [-0.1, -0.05) is 0 Å². The van der Waals surface area contributed by atoms with Crippen LogP contribution in [0, 0.1) is 0 Å². The Bertz CT molecular complexity index is 144. The van der Waals surface area contributed by atoms with E-state index < -0.39 is 0 Å². The van der Waals surface area contributed by atoms with E-state index in [2.05, 4.69) is 5.32 Å². The predicted octanol–water partition coefficient (Wildman–Crippen LogP) is -1.53. The second-order valence-corrected chi connectivity index (χ2v) is 3.01. The first-order valence-corrected chi connectivity index (χ1v) is 4.52. The number of esters is 1. The van der Waals surface area contributed by atoms with Crippen molar-refractivity contribution in [3.05, 3.63) is 0 Å². The van der Waals surface area contributed by atoms with Gasteiger partial charge in [0.15, 0.2) is 0 Å². The summed E-state index contributed by atoms with van der Waals surface area (Å²) in [5.74, 6) is -0.0886. The number of likely N-dealkylation sites (N-methyl/N-ethyl adjacent to an activating group) is 1. The average Bonchev–Trinajstić information content (AvgIpc) is 2.56. The second-order valence-electron chi connectivity index (χ2n) is 3.01. The monoisotopic (exact) mass is 173 g/mol. The Kier molecular flexibility index (Phi) is 4.04. The van der Waals surface area contributed by atoms with E-state index in [4.69, 9.17) is 4.74 Å². The standard InChI is InChI=1S/C8H16N2O2/c1-9-5-6-12-8(11)7-3-2-4-10-7/h7,9-10H,2-6H2,1H3/p+1/t7-/m0/s1. The summed E-state index contributed by atoms with van der Waals surface area (Å²) in [6.07, 6.45) is 2.01. The van der Waals surface area contributed by atoms with Crippen molar-refractivity contribution in [3.8, 4) is 0 Å². The van der Waals surface area contributed by atoms with E-state index in [0.29, 0.717) is 6.61 Å². The number of nitrogens with two attached hydrogens (primary N) is 1. The lowest BCUT2D eigenvalue weighted by Crippen LogP contribution is -2.80.